The third-order valence-corrected chi connectivity index (χ3v) is 2.40. The number of hydrogen-bond donors (Lipinski definition) is 0. The van der Waals surface area contributed by atoms with Crippen LogP contribution in [0.4, 0.5) is 0 Å². The zero-order valence-electron chi connectivity index (χ0n) is 6.48. The zero-order valence-corrected chi connectivity index (χ0v) is 8.88. The number of nitrogens with zero attached hydrogens (tertiary/aromatic N) is 2. The Bertz CT molecular complexity index is 391. The van der Waals surface area contributed by atoms with Crippen LogP contribution in [0.1, 0.15) is 0 Å². The van der Waals surface area contributed by atoms with Crippen LogP contribution in [-0.2, 0) is 0 Å². The Kier molecular flexibility index (Phi) is 2.56. The van der Waals surface area contributed by atoms with Crippen LogP contribution in [0.5, 0.6) is 10.9 Å². The molecule has 1 heterocycles. The molecule has 0 aliphatic carbocycles. The van der Waals surface area contributed by atoms with Crippen molar-refractivity contribution >= 4 is 27.3 Å². The maximum Gasteiger partial charge on any atom is 0.299 e. The minimum absolute atomic E-state index is 0.554. The fourth-order valence-electron chi connectivity index (χ4n) is 0.839. The first-order valence-electron chi connectivity index (χ1n) is 3.54. The van der Waals surface area contributed by atoms with E-state index < -0.39 is 0 Å². The zero-order chi connectivity index (χ0) is 9.10. The van der Waals surface area contributed by atoms with E-state index in [1.807, 2.05) is 24.3 Å². The highest BCUT2D eigenvalue weighted by Gasteiger charge is 1.99. The molecular formula is C8H5BrN2OS. The second-order valence-corrected chi connectivity index (χ2v) is 3.98. The van der Waals surface area contributed by atoms with Gasteiger partial charge >= 0.3 is 0 Å². The second kappa shape index (κ2) is 3.85. The Morgan fingerprint density at radius 1 is 1.38 bits per heavy atom. The Morgan fingerprint density at radius 3 is 3.00 bits per heavy atom. The summed E-state index contributed by atoms with van der Waals surface area (Å²) in [4.78, 5) is 0. The number of rotatable bonds is 2. The van der Waals surface area contributed by atoms with Crippen LogP contribution in [0.2, 0.25) is 0 Å². The summed E-state index contributed by atoms with van der Waals surface area (Å²) in [6, 6.07) is 7.58. The number of aromatic nitrogens is 2. The lowest BCUT2D eigenvalue weighted by molar-refractivity contribution is 0.473. The summed E-state index contributed by atoms with van der Waals surface area (Å²) in [5.74, 6) is 0.756. The van der Waals surface area contributed by atoms with Gasteiger partial charge in [-0.15, -0.1) is 5.10 Å². The molecule has 0 amide bonds. The van der Waals surface area contributed by atoms with Crippen molar-refractivity contribution in [2.24, 2.45) is 0 Å². The lowest BCUT2D eigenvalue weighted by Crippen LogP contribution is -1.82. The average Bonchev–Trinajstić information content (AvgIpc) is 2.57. The van der Waals surface area contributed by atoms with Crippen molar-refractivity contribution in [2.45, 2.75) is 0 Å². The highest BCUT2D eigenvalue weighted by atomic mass is 79.9. The molecule has 3 nitrogen and oxygen atoms in total. The summed E-state index contributed by atoms with van der Waals surface area (Å²) < 4.78 is 6.40. The molecule has 1 aromatic heterocycles. The molecule has 5 heteroatoms. The normalized spacial score (nSPS) is 9.92. The topological polar surface area (TPSA) is 35.0 Å². The van der Waals surface area contributed by atoms with E-state index >= 15 is 0 Å². The maximum atomic E-state index is 5.41. The van der Waals surface area contributed by atoms with Gasteiger partial charge in [-0.2, -0.15) is 0 Å². The van der Waals surface area contributed by atoms with E-state index in [-0.39, 0.29) is 0 Å². The van der Waals surface area contributed by atoms with Crippen molar-refractivity contribution in [3.63, 3.8) is 0 Å². The molecular weight excluding hydrogens is 252 g/mol. The van der Waals surface area contributed by atoms with Crippen LogP contribution in [0.3, 0.4) is 0 Å². The van der Waals surface area contributed by atoms with Crippen LogP contribution < -0.4 is 4.74 Å². The highest BCUT2D eigenvalue weighted by Crippen LogP contribution is 2.24. The Labute approximate surface area is 87.5 Å². The van der Waals surface area contributed by atoms with E-state index in [4.69, 9.17) is 4.74 Å². The smallest absolute Gasteiger partial charge is 0.299 e. The van der Waals surface area contributed by atoms with Gasteiger partial charge in [-0.05, 0) is 18.2 Å². The fraction of sp³-hybridized carbons (Fsp3) is 0. The van der Waals surface area contributed by atoms with E-state index in [1.165, 1.54) is 11.3 Å². The van der Waals surface area contributed by atoms with Gasteiger partial charge in [-0.3, -0.25) is 0 Å². The minimum Gasteiger partial charge on any atom is -0.430 e. The quantitative estimate of drug-likeness (QED) is 0.829. The lowest BCUT2D eigenvalue weighted by Gasteiger charge is -1.99. The third kappa shape index (κ3) is 2.26. The minimum atomic E-state index is 0.554. The highest BCUT2D eigenvalue weighted by molar-refractivity contribution is 9.10. The molecule has 0 unspecified atom stereocenters. The molecule has 0 radical (unpaired) electrons. The van der Waals surface area contributed by atoms with Gasteiger partial charge in [0.15, 0.2) is 0 Å². The van der Waals surface area contributed by atoms with Crippen molar-refractivity contribution in [1.82, 2.24) is 10.2 Å². The van der Waals surface area contributed by atoms with Gasteiger partial charge in [0.25, 0.3) is 5.19 Å². The van der Waals surface area contributed by atoms with Gasteiger partial charge in [0, 0.05) is 4.47 Å². The molecule has 0 saturated heterocycles. The van der Waals surface area contributed by atoms with Crippen molar-refractivity contribution in [1.29, 1.82) is 0 Å². The summed E-state index contributed by atoms with van der Waals surface area (Å²) in [7, 11) is 0. The number of halogens is 1. The largest absolute Gasteiger partial charge is 0.430 e. The van der Waals surface area contributed by atoms with E-state index in [2.05, 4.69) is 26.1 Å². The van der Waals surface area contributed by atoms with Gasteiger partial charge < -0.3 is 4.74 Å². The van der Waals surface area contributed by atoms with Crippen LogP contribution in [0.15, 0.2) is 34.2 Å². The number of ether oxygens (including phenoxy) is 1. The van der Waals surface area contributed by atoms with Gasteiger partial charge in [-0.1, -0.05) is 38.4 Å². The van der Waals surface area contributed by atoms with E-state index in [0.717, 1.165) is 10.2 Å². The van der Waals surface area contributed by atoms with Crippen molar-refractivity contribution in [3.05, 3.63) is 34.2 Å². The van der Waals surface area contributed by atoms with Crippen LogP contribution in [-0.4, -0.2) is 10.2 Å². The van der Waals surface area contributed by atoms with Crippen LogP contribution in [0.25, 0.3) is 0 Å². The maximum absolute atomic E-state index is 5.41. The number of hydrogen-bond acceptors (Lipinski definition) is 4. The Morgan fingerprint density at radius 2 is 2.31 bits per heavy atom. The van der Waals surface area contributed by atoms with Crippen molar-refractivity contribution in [3.8, 4) is 10.9 Å². The molecule has 2 aromatic rings. The number of benzene rings is 1. The predicted octanol–water partition coefficient (Wildman–Crippen LogP) is 3.09. The standard InChI is InChI=1S/C8H5BrN2OS/c9-6-2-1-3-7(4-6)12-8-11-10-5-13-8/h1-5H. The van der Waals surface area contributed by atoms with Crippen molar-refractivity contribution in [2.75, 3.05) is 0 Å². The summed E-state index contributed by atoms with van der Waals surface area (Å²) in [5.41, 5.74) is 1.63. The third-order valence-electron chi connectivity index (χ3n) is 1.34. The fourth-order valence-corrected chi connectivity index (χ4v) is 1.64. The summed E-state index contributed by atoms with van der Waals surface area (Å²) in [6.45, 7) is 0. The molecule has 66 valence electrons. The van der Waals surface area contributed by atoms with Gasteiger partial charge in [0.2, 0.25) is 0 Å². The molecule has 13 heavy (non-hydrogen) atoms. The van der Waals surface area contributed by atoms with E-state index in [9.17, 15) is 0 Å². The van der Waals surface area contributed by atoms with Crippen LogP contribution >= 0.6 is 27.3 Å². The van der Waals surface area contributed by atoms with E-state index in [1.54, 1.807) is 5.51 Å². The van der Waals surface area contributed by atoms with Crippen molar-refractivity contribution < 1.29 is 4.74 Å². The van der Waals surface area contributed by atoms with Gasteiger partial charge in [-0.25, -0.2) is 0 Å². The molecule has 2 rings (SSSR count). The lowest BCUT2D eigenvalue weighted by atomic mass is 10.3. The average molecular weight is 257 g/mol. The molecule has 0 bridgehead atoms. The summed E-state index contributed by atoms with van der Waals surface area (Å²) in [6.07, 6.45) is 0. The van der Waals surface area contributed by atoms with Gasteiger partial charge in [0.05, 0.1) is 0 Å². The monoisotopic (exact) mass is 256 g/mol. The molecule has 0 atom stereocenters. The first-order chi connectivity index (χ1) is 6.34. The molecule has 1 aromatic carbocycles. The molecule has 0 N–H and O–H groups in total. The summed E-state index contributed by atoms with van der Waals surface area (Å²) in [5, 5.41) is 8.00. The molecule has 0 fully saturated rings. The first kappa shape index (κ1) is 8.65. The SMILES string of the molecule is Brc1cccc(Oc2nncs2)c1. The van der Waals surface area contributed by atoms with Gasteiger partial charge in [0.1, 0.15) is 11.3 Å². The first-order valence-corrected chi connectivity index (χ1v) is 5.21. The summed E-state index contributed by atoms with van der Waals surface area (Å²) >= 11 is 4.72. The van der Waals surface area contributed by atoms with E-state index in [0.29, 0.717) is 5.19 Å². The van der Waals surface area contributed by atoms with Crippen LogP contribution in [0, 0.1) is 0 Å². The second-order valence-electron chi connectivity index (χ2n) is 2.26. The molecule has 0 aliphatic rings. The predicted molar refractivity (Wildman–Crippen MR) is 54.1 cm³/mol. The Hall–Kier alpha value is -0.940. The molecule has 0 aliphatic heterocycles. The molecule has 0 saturated carbocycles. The Balaban J connectivity index is 2.19. The molecule has 0 spiro atoms.